The minimum absolute atomic E-state index is 0.270. The molecule has 1 aromatic carbocycles. The minimum Gasteiger partial charge on any atom is -0.373 e. The molecule has 2 heteroatoms. The summed E-state index contributed by atoms with van der Waals surface area (Å²) in [4.78, 5) is 2.33. The van der Waals surface area contributed by atoms with Crippen LogP contribution in [0.5, 0.6) is 0 Å². The third-order valence-electron chi connectivity index (χ3n) is 3.64. The zero-order valence-corrected chi connectivity index (χ0v) is 12.7. The molecule has 102 valence electrons. The first-order chi connectivity index (χ1) is 8.38. The Hall–Kier alpha value is -1.02. The van der Waals surface area contributed by atoms with Crippen LogP contribution in [0.4, 0.5) is 5.69 Å². The number of aryl methyl sites for hydroxylation is 1. The first-order valence-electron chi connectivity index (χ1n) is 6.85. The zero-order valence-electron chi connectivity index (χ0n) is 12.7. The molecular formula is C16H28N2. The van der Waals surface area contributed by atoms with E-state index in [1.807, 2.05) is 7.05 Å². The van der Waals surface area contributed by atoms with Crippen molar-refractivity contribution in [2.75, 3.05) is 25.5 Å². The highest BCUT2D eigenvalue weighted by molar-refractivity contribution is 5.47. The van der Waals surface area contributed by atoms with Gasteiger partial charge in [0.1, 0.15) is 0 Å². The summed E-state index contributed by atoms with van der Waals surface area (Å²) >= 11 is 0. The Balaban J connectivity index is 2.71. The molecule has 0 aliphatic heterocycles. The molecule has 1 rings (SSSR count). The maximum Gasteiger partial charge on any atom is 0.0364 e. The second kappa shape index (κ2) is 6.24. The van der Waals surface area contributed by atoms with Gasteiger partial charge in [-0.2, -0.15) is 0 Å². The molecule has 1 aromatic rings. The predicted octanol–water partition coefficient (Wildman–Crippen LogP) is 3.32. The Morgan fingerprint density at radius 2 is 1.72 bits per heavy atom. The normalized spacial score (nSPS) is 13.4. The fraction of sp³-hybridized carbons (Fsp3) is 0.625. The van der Waals surface area contributed by atoms with Gasteiger partial charge in [-0.25, -0.2) is 0 Å². The van der Waals surface area contributed by atoms with Crippen molar-refractivity contribution in [1.29, 1.82) is 0 Å². The van der Waals surface area contributed by atoms with Crippen LogP contribution in [-0.2, 0) is 6.42 Å². The monoisotopic (exact) mass is 248 g/mol. The molecule has 0 amide bonds. The number of nitrogens with zero attached hydrogens (tertiary/aromatic N) is 1. The SMILES string of the molecule is CCc1ccc(N(C)CC(NC)C(C)(C)C)cc1. The van der Waals surface area contributed by atoms with E-state index in [9.17, 15) is 0 Å². The summed E-state index contributed by atoms with van der Waals surface area (Å²) in [6.45, 7) is 10.0. The third kappa shape index (κ3) is 4.02. The molecule has 0 spiro atoms. The van der Waals surface area contributed by atoms with Gasteiger partial charge in [0.05, 0.1) is 0 Å². The number of anilines is 1. The second-order valence-corrected chi connectivity index (χ2v) is 6.11. The number of rotatable bonds is 5. The number of benzene rings is 1. The Labute approximate surface area is 112 Å². The molecule has 0 saturated heterocycles. The first kappa shape index (κ1) is 15.0. The van der Waals surface area contributed by atoms with Crippen molar-refractivity contribution in [3.8, 4) is 0 Å². The van der Waals surface area contributed by atoms with Gasteiger partial charge in [0.25, 0.3) is 0 Å². The van der Waals surface area contributed by atoms with Gasteiger partial charge in [0.15, 0.2) is 0 Å². The van der Waals surface area contributed by atoms with Crippen molar-refractivity contribution in [1.82, 2.24) is 5.32 Å². The highest BCUT2D eigenvalue weighted by Crippen LogP contribution is 2.22. The Bertz CT molecular complexity index is 348. The first-order valence-corrected chi connectivity index (χ1v) is 6.85. The lowest BCUT2D eigenvalue weighted by Crippen LogP contribution is -2.46. The predicted molar refractivity (Wildman–Crippen MR) is 81.4 cm³/mol. The molecule has 0 aliphatic rings. The topological polar surface area (TPSA) is 15.3 Å². The van der Waals surface area contributed by atoms with Crippen LogP contribution < -0.4 is 10.2 Å². The van der Waals surface area contributed by atoms with E-state index >= 15 is 0 Å². The molecule has 0 fully saturated rings. The van der Waals surface area contributed by atoms with Crippen LogP contribution in [0.25, 0.3) is 0 Å². The molecule has 1 unspecified atom stereocenters. The Morgan fingerprint density at radius 3 is 2.11 bits per heavy atom. The molecule has 0 radical (unpaired) electrons. The molecule has 1 atom stereocenters. The van der Waals surface area contributed by atoms with Gasteiger partial charge in [-0.15, -0.1) is 0 Å². The summed E-state index contributed by atoms with van der Waals surface area (Å²) in [6, 6.07) is 9.35. The summed E-state index contributed by atoms with van der Waals surface area (Å²) in [7, 11) is 4.21. The summed E-state index contributed by atoms with van der Waals surface area (Å²) < 4.78 is 0. The summed E-state index contributed by atoms with van der Waals surface area (Å²) in [5.74, 6) is 0. The van der Waals surface area contributed by atoms with Gasteiger partial charge < -0.3 is 10.2 Å². The quantitative estimate of drug-likeness (QED) is 0.860. The van der Waals surface area contributed by atoms with Crippen LogP contribution >= 0.6 is 0 Å². The molecule has 0 heterocycles. The van der Waals surface area contributed by atoms with Gasteiger partial charge >= 0.3 is 0 Å². The fourth-order valence-corrected chi connectivity index (χ4v) is 2.16. The van der Waals surface area contributed by atoms with Gasteiger partial charge in [0.2, 0.25) is 0 Å². The van der Waals surface area contributed by atoms with Crippen molar-refractivity contribution < 1.29 is 0 Å². The van der Waals surface area contributed by atoms with E-state index in [0.29, 0.717) is 6.04 Å². The molecule has 0 bridgehead atoms. The van der Waals surface area contributed by atoms with Gasteiger partial charge in [-0.05, 0) is 36.6 Å². The maximum atomic E-state index is 3.42. The van der Waals surface area contributed by atoms with E-state index < -0.39 is 0 Å². The largest absolute Gasteiger partial charge is 0.373 e. The molecule has 1 N–H and O–H groups in total. The zero-order chi connectivity index (χ0) is 13.8. The Kier molecular flexibility index (Phi) is 5.21. The van der Waals surface area contributed by atoms with Crippen molar-refractivity contribution in [3.05, 3.63) is 29.8 Å². The lowest BCUT2D eigenvalue weighted by Gasteiger charge is -2.34. The van der Waals surface area contributed by atoms with Crippen LogP contribution in [0.3, 0.4) is 0 Å². The van der Waals surface area contributed by atoms with Gasteiger partial charge in [0, 0.05) is 25.3 Å². The van der Waals surface area contributed by atoms with Gasteiger partial charge in [-0.3, -0.25) is 0 Å². The fourth-order valence-electron chi connectivity index (χ4n) is 2.16. The third-order valence-corrected chi connectivity index (χ3v) is 3.64. The molecule has 2 nitrogen and oxygen atoms in total. The molecule has 0 saturated carbocycles. The number of likely N-dealkylation sites (N-methyl/N-ethyl adjacent to an activating group) is 2. The maximum absolute atomic E-state index is 3.42. The standard InChI is InChI=1S/C16H28N2/c1-7-13-8-10-14(11-9-13)18(6)12-15(17-5)16(2,3)4/h8-11,15,17H,7,12H2,1-6H3. The van der Waals surface area contributed by atoms with Crippen LogP contribution in [0.15, 0.2) is 24.3 Å². The Morgan fingerprint density at radius 1 is 1.17 bits per heavy atom. The second-order valence-electron chi connectivity index (χ2n) is 6.11. The van der Waals surface area contributed by atoms with E-state index in [-0.39, 0.29) is 5.41 Å². The average Bonchev–Trinajstić information content (AvgIpc) is 2.34. The highest BCUT2D eigenvalue weighted by Gasteiger charge is 2.24. The van der Waals surface area contributed by atoms with Gasteiger partial charge in [-0.1, -0.05) is 39.8 Å². The van der Waals surface area contributed by atoms with Crippen LogP contribution in [0.1, 0.15) is 33.3 Å². The molecule has 0 aromatic heterocycles. The smallest absolute Gasteiger partial charge is 0.0364 e. The lowest BCUT2D eigenvalue weighted by atomic mass is 9.86. The number of nitrogens with one attached hydrogen (secondary N) is 1. The summed E-state index contributed by atoms with van der Waals surface area (Å²) in [6.07, 6.45) is 1.10. The van der Waals surface area contributed by atoms with E-state index in [2.05, 4.69) is 69.2 Å². The lowest BCUT2D eigenvalue weighted by molar-refractivity contribution is 0.285. The van der Waals surface area contributed by atoms with E-state index in [1.165, 1.54) is 11.3 Å². The van der Waals surface area contributed by atoms with Crippen molar-refractivity contribution in [2.45, 2.75) is 40.2 Å². The van der Waals surface area contributed by atoms with Crippen LogP contribution in [-0.4, -0.2) is 26.7 Å². The van der Waals surface area contributed by atoms with Crippen LogP contribution in [0, 0.1) is 5.41 Å². The van der Waals surface area contributed by atoms with E-state index in [1.54, 1.807) is 0 Å². The summed E-state index contributed by atoms with van der Waals surface area (Å²) in [5.41, 5.74) is 2.96. The van der Waals surface area contributed by atoms with E-state index in [4.69, 9.17) is 0 Å². The number of hydrogen-bond acceptors (Lipinski definition) is 2. The highest BCUT2D eigenvalue weighted by atomic mass is 15.1. The molecule has 0 aliphatic carbocycles. The van der Waals surface area contributed by atoms with Crippen molar-refractivity contribution in [2.24, 2.45) is 5.41 Å². The minimum atomic E-state index is 0.270. The van der Waals surface area contributed by atoms with Crippen LogP contribution in [0.2, 0.25) is 0 Å². The molecular weight excluding hydrogens is 220 g/mol. The average molecular weight is 248 g/mol. The van der Waals surface area contributed by atoms with Crippen molar-refractivity contribution in [3.63, 3.8) is 0 Å². The van der Waals surface area contributed by atoms with Crippen molar-refractivity contribution >= 4 is 5.69 Å². The molecule has 18 heavy (non-hydrogen) atoms. The van der Waals surface area contributed by atoms with E-state index in [0.717, 1.165) is 13.0 Å². The summed E-state index contributed by atoms with van der Waals surface area (Å²) in [5, 5.41) is 3.42. The number of hydrogen-bond donors (Lipinski definition) is 1.